The second-order valence-electron chi connectivity index (χ2n) is 2.41. The van der Waals surface area contributed by atoms with Crippen molar-refractivity contribution in [1.29, 1.82) is 0 Å². The third-order valence-corrected chi connectivity index (χ3v) is 1.35. The Labute approximate surface area is 64.0 Å². The van der Waals surface area contributed by atoms with Crippen LogP contribution in [0.4, 0.5) is 0 Å². The van der Waals surface area contributed by atoms with E-state index in [1.54, 1.807) is 0 Å². The second kappa shape index (κ2) is 6.56. The van der Waals surface area contributed by atoms with Gasteiger partial charge >= 0.3 is 0 Å². The van der Waals surface area contributed by atoms with Gasteiger partial charge < -0.3 is 4.90 Å². The molecule has 0 unspecified atom stereocenters. The lowest BCUT2D eigenvalue weighted by molar-refractivity contribution is 0.378. The highest BCUT2D eigenvalue weighted by Gasteiger charge is 1.89. The summed E-state index contributed by atoms with van der Waals surface area (Å²) in [6.45, 7) is 7.82. The molecule has 58 valence electrons. The molecular weight excluding hydrogens is 122 g/mol. The number of rotatable bonds is 5. The van der Waals surface area contributed by atoms with Crippen molar-refractivity contribution >= 4 is 0 Å². The fraction of sp³-hybridized carbons (Fsp3) is 0.556. The minimum Gasteiger partial charge on any atom is -0.302 e. The highest BCUT2D eigenvalue weighted by atomic mass is 15.1. The minimum absolute atomic E-state index is 0.984. The van der Waals surface area contributed by atoms with Gasteiger partial charge in [-0.25, -0.2) is 0 Å². The van der Waals surface area contributed by atoms with Crippen LogP contribution >= 0.6 is 0 Å². The van der Waals surface area contributed by atoms with Crippen LogP contribution in [-0.2, 0) is 0 Å². The molecule has 0 aliphatic heterocycles. The summed E-state index contributed by atoms with van der Waals surface area (Å²) in [6, 6.07) is 0. The van der Waals surface area contributed by atoms with Gasteiger partial charge in [0.25, 0.3) is 0 Å². The maximum Gasteiger partial charge on any atom is 0.0157 e. The maximum atomic E-state index is 3.67. The molecule has 0 aromatic rings. The molecule has 0 aromatic heterocycles. The quantitative estimate of drug-likeness (QED) is 0.527. The standard InChI is InChI=1S/C9H17N/c1-4-6-7-9-10(3)8-5-2/h4-6H,2,7-9H2,1,3H3/b6-4-. The van der Waals surface area contributed by atoms with E-state index in [0.29, 0.717) is 0 Å². The molecule has 0 rings (SSSR count). The van der Waals surface area contributed by atoms with E-state index in [-0.39, 0.29) is 0 Å². The van der Waals surface area contributed by atoms with Gasteiger partial charge in [-0.1, -0.05) is 18.2 Å². The van der Waals surface area contributed by atoms with Crippen molar-refractivity contribution in [2.45, 2.75) is 13.3 Å². The summed E-state index contributed by atoms with van der Waals surface area (Å²) in [7, 11) is 2.10. The highest BCUT2D eigenvalue weighted by molar-refractivity contribution is 4.79. The summed E-state index contributed by atoms with van der Waals surface area (Å²) in [4.78, 5) is 2.24. The second-order valence-corrected chi connectivity index (χ2v) is 2.41. The van der Waals surface area contributed by atoms with Crippen LogP contribution in [0.2, 0.25) is 0 Å². The van der Waals surface area contributed by atoms with E-state index >= 15 is 0 Å². The Morgan fingerprint density at radius 2 is 2.20 bits per heavy atom. The van der Waals surface area contributed by atoms with Gasteiger partial charge in [-0.2, -0.15) is 0 Å². The average Bonchev–Trinajstić information content (AvgIpc) is 1.89. The number of hydrogen-bond donors (Lipinski definition) is 0. The van der Waals surface area contributed by atoms with Gasteiger partial charge in [0.05, 0.1) is 0 Å². The summed E-state index contributed by atoms with van der Waals surface area (Å²) in [5, 5.41) is 0. The lowest BCUT2D eigenvalue weighted by Gasteiger charge is -2.11. The molecule has 0 atom stereocenters. The number of allylic oxidation sites excluding steroid dienone is 1. The Bertz CT molecular complexity index is 105. The van der Waals surface area contributed by atoms with E-state index in [0.717, 1.165) is 19.5 Å². The smallest absolute Gasteiger partial charge is 0.0157 e. The van der Waals surface area contributed by atoms with Crippen LogP contribution in [0.15, 0.2) is 24.8 Å². The summed E-state index contributed by atoms with van der Waals surface area (Å²) < 4.78 is 0. The van der Waals surface area contributed by atoms with Crippen molar-refractivity contribution in [2.24, 2.45) is 0 Å². The summed E-state index contributed by atoms with van der Waals surface area (Å²) in [5.74, 6) is 0. The molecule has 0 heterocycles. The zero-order valence-corrected chi connectivity index (χ0v) is 7.01. The SMILES string of the molecule is C=CCN(C)CC/C=C\C. The van der Waals surface area contributed by atoms with Gasteiger partial charge in [0, 0.05) is 13.1 Å². The Hall–Kier alpha value is -0.560. The zero-order chi connectivity index (χ0) is 7.82. The van der Waals surface area contributed by atoms with Crippen LogP contribution in [0.25, 0.3) is 0 Å². The Morgan fingerprint density at radius 3 is 2.70 bits per heavy atom. The van der Waals surface area contributed by atoms with Gasteiger partial charge in [-0.05, 0) is 20.4 Å². The molecule has 10 heavy (non-hydrogen) atoms. The van der Waals surface area contributed by atoms with Crippen molar-refractivity contribution in [3.63, 3.8) is 0 Å². The Balaban J connectivity index is 3.20. The predicted molar refractivity (Wildman–Crippen MR) is 47.1 cm³/mol. The van der Waals surface area contributed by atoms with Gasteiger partial charge in [0.15, 0.2) is 0 Å². The number of hydrogen-bond acceptors (Lipinski definition) is 1. The van der Waals surface area contributed by atoms with Crippen LogP contribution in [0.3, 0.4) is 0 Å². The number of nitrogens with zero attached hydrogens (tertiary/aromatic N) is 1. The van der Waals surface area contributed by atoms with Crippen LogP contribution < -0.4 is 0 Å². The van der Waals surface area contributed by atoms with Crippen LogP contribution in [0, 0.1) is 0 Å². The fourth-order valence-electron chi connectivity index (χ4n) is 0.773. The summed E-state index contributed by atoms with van der Waals surface area (Å²) in [6.07, 6.45) is 7.33. The molecule has 1 heteroatoms. The predicted octanol–water partition coefficient (Wildman–Crippen LogP) is 2.07. The Morgan fingerprint density at radius 1 is 1.50 bits per heavy atom. The van der Waals surface area contributed by atoms with Gasteiger partial charge in [0.2, 0.25) is 0 Å². The molecule has 0 amide bonds. The van der Waals surface area contributed by atoms with Crippen molar-refractivity contribution < 1.29 is 0 Å². The van der Waals surface area contributed by atoms with Crippen molar-refractivity contribution in [2.75, 3.05) is 20.1 Å². The van der Waals surface area contributed by atoms with E-state index in [9.17, 15) is 0 Å². The normalized spacial score (nSPS) is 11.1. The molecule has 0 saturated heterocycles. The monoisotopic (exact) mass is 139 g/mol. The first-order valence-corrected chi connectivity index (χ1v) is 3.72. The molecule has 0 aliphatic rings. The van der Waals surface area contributed by atoms with Crippen molar-refractivity contribution in [3.8, 4) is 0 Å². The lowest BCUT2D eigenvalue weighted by Crippen LogP contribution is -2.18. The molecule has 0 bridgehead atoms. The van der Waals surface area contributed by atoms with Crippen LogP contribution in [0.1, 0.15) is 13.3 Å². The molecule has 0 saturated carbocycles. The summed E-state index contributed by atoms with van der Waals surface area (Å²) in [5.41, 5.74) is 0. The van der Waals surface area contributed by atoms with Crippen LogP contribution in [-0.4, -0.2) is 25.0 Å². The molecule has 1 nitrogen and oxygen atoms in total. The largest absolute Gasteiger partial charge is 0.302 e. The van der Waals surface area contributed by atoms with E-state index in [2.05, 4.69) is 30.7 Å². The molecule has 0 aliphatic carbocycles. The molecule has 0 radical (unpaired) electrons. The Kier molecular flexibility index (Phi) is 6.19. The van der Waals surface area contributed by atoms with Gasteiger partial charge in [0.1, 0.15) is 0 Å². The summed E-state index contributed by atoms with van der Waals surface area (Å²) >= 11 is 0. The molecular formula is C9H17N. The first-order chi connectivity index (χ1) is 4.81. The van der Waals surface area contributed by atoms with Crippen molar-refractivity contribution in [1.82, 2.24) is 4.90 Å². The fourth-order valence-corrected chi connectivity index (χ4v) is 0.773. The van der Waals surface area contributed by atoms with E-state index < -0.39 is 0 Å². The molecule has 0 aromatic carbocycles. The van der Waals surface area contributed by atoms with E-state index in [1.807, 2.05) is 13.0 Å². The number of likely N-dealkylation sites (N-methyl/N-ethyl adjacent to an activating group) is 1. The van der Waals surface area contributed by atoms with Crippen molar-refractivity contribution in [3.05, 3.63) is 24.8 Å². The van der Waals surface area contributed by atoms with Gasteiger partial charge in [-0.3, -0.25) is 0 Å². The lowest BCUT2D eigenvalue weighted by atomic mass is 10.3. The highest BCUT2D eigenvalue weighted by Crippen LogP contribution is 1.88. The first kappa shape index (κ1) is 9.44. The first-order valence-electron chi connectivity index (χ1n) is 3.72. The molecule has 0 N–H and O–H groups in total. The third kappa shape index (κ3) is 5.57. The topological polar surface area (TPSA) is 3.24 Å². The minimum atomic E-state index is 0.984. The molecule has 0 spiro atoms. The third-order valence-electron chi connectivity index (χ3n) is 1.35. The zero-order valence-electron chi connectivity index (χ0n) is 7.01. The van der Waals surface area contributed by atoms with Crippen LogP contribution in [0.5, 0.6) is 0 Å². The van der Waals surface area contributed by atoms with Gasteiger partial charge in [-0.15, -0.1) is 6.58 Å². The maximum absolute atomic E-state index is 3.67. The average molecular weight is 139 g/mol. The van der Waals surface area contributed by atoms with E-state index in [1.165, 1.54) is 0 Å². The van der Waals surface area contributed by atoms with E-state index in [4.69, 9.17) is 0 Å². The molecule has 0 fully saturated rings.